The number of nitrogens with one attached hydrogen (secondary N) is 1. The van der Waals surface area contributed by atoms with Crippen molar-refractivity contribution >= 4 is 16.7 Å². The summed E-state index contributed by atoms with van der Waals surface area (Å²) in [5.41, 5.74) is 0.636. The van der Waals surface area contributed by atoms with Crippen LogP contribution in [0.4, 0.5) is 5.82 Å². The second-order valence-corrected chi connectivity index (χ2v) is 7.05. The van der Waals surface area contributed by atoms with Crippen LogP contribution in [0.3, 0.4) is 0 Å². The molecule has 0 spiro atoms. The normalized spacial score (nSPS) is 20.1. The molecule has 1 aliphatic heterocycles. The van der Waals surface area contributed by atoms with Crippen molar-refractivity contribution in [2.75, 3.05) is 18.0 Å². The highest BCUT2D eigenvalue weighted by molar-refractivity contribution is 5.76. The molecule has 140 valence electrons. The van der Waals surface area contributed by atoms with E-state index in [0.29, 0.717) is 10.9 Å². The summed E-state index contributed by atoms with van der Waals surface area (Å²) in [7, 11) is 0. The Bertz CT molecular complexity index is 1060. The molecule has 4 rings (SSSR count). The molecular formula is C20H22N4O3. The predicted octanol–water partition coefficient (Wildman–Crippen LogP) is 1.75. The van der Waals surface area contributed by atoms with E-state index >= 15 is 0 Å². The summed E-state index contributed by atoms with van der Waals surface area (Å²) in [5, 5.41) is 0.498. The summed E-state index contributed by atoms with van der Waals surface area (Å²) >= 11 is 0. The molecular weight excluding hydrogens is 344 g/mol. The van der Waals surface area contributed by atoms with Gasteiger partial charge in [-0.05, 0) is 37.6 Å². The lowest BCUT2D eigenvalue weighted by Gasteiger charge is -2.36. The van der Waals surface area contributed by atoms with Gasteiger partial charge in [0.25, 0.3) is 5.56 Å². The Morgan fingerprint density at radius 3 is 2.56 bits per heavy atom. The quantitative estimate of drug-likeness (QED) is 0.764. The van der Waals surface area contributed by atoms with Crippen molar-refractivity contribution < 1.29 is 4.74 Å². The largest absolute Gasteiger partial charge is 0.372 e. The molecule has 3 heterocycles. The minimum Gasteiger partial charge on any atom is -0.372 e. The first-order valence-corrected chi connectivity index (χ1v) is 9.08. The fraction of sp³-hybridized carbons (Fsp3) is 0.350. The van der Waals surface area contributed by atoms with Crippen LogP contribution in [0.5, 0.6) is 0 Å². The average Bonchev–Trinajstić information content (AvgIpc) is 2.65. The van der Waals surface area contributed by atoms with Crippen molar-refractivity contribution in [1.29, 1.82) is 0 Å². The van der Waals surface area contributed by atoms with E-state index in [-0.39, 0.29) is 24.3 Å². The Kier molecular flexibility index (Phi) is 4.53. The molecule has 2 atom stereocenters. The fourth-order valence-electron chi connectivity index (χ4n) is 3.59. The van der Waals surface area contributed by atoms with Crippen molar-refractivity contribution in [3.8, 4) is 0 Å². The molecule has 3 aromatic rings. The zero-order valence-electron chi connectivity index (χ0n) is 15.4. The topological polar surface area (TPSA) is 80.2 Å². The van der Waals surface area contributed by atoms with Gasteiger partial charge in [-0.2, -0.15) is 0 Å². The number of H-pyrrole nitrogens is 1. The minimum absolute atomic E-state index is 0.157. The number of morpholine rings is 1. The van der Waals surface area contributed by atoms with E-state index in [4.69, 9.17) is 4.74 Å². The zero-order chi connectivity index (χ0) is 19.0. The summed E-state index contributed by atoms with van der Waals surface area (Å²) in [6, 6.07) is 10.9. The number of para-hydroxylation sites is 1. The molecule has 7 heteroatoms. The second kappa shape index (κ2) is 7.00. The van der Waals surface area contributed by atoms with Gasteiger partial charge >= 0.3 is 5.69 Å². The lowest BCUT2D eigenvalue weighted by atomic mass is 10.2. The molecule has 27 heavy (non-hydrogen) atoms. The summed E-state index contributed by atoms with van der Waals surface area (Å²) < 4.78 is 6.96. The molecule has 1 fully saturated rings. The molecule has 7 nitrogen and oxygen atoms in total. The van der Waals surface area contributed by atoms with Crippen LogP contribution in [0.15, 0.2) is 52.2 Å². The molecule has 0 amide bonds. The van der Waals surface area contributed by atoms with Crippen molar-refractivity contribution in [2.45, 2.75) is 32.6 Å². The van der Waals surface area contributed by atoms with E-state index in [9.17, 15) is 9.59 Å². The molecule has 1 saturated heterocycles. The summed E-state index contributed by atoms with van der Waals surface area (Å²) in [5.74, 6) is 0.875. The molecule has 0 bridgehead atoms. The van der Waals surface area contributed by atoms with Gasteiger partial charge in [0.15, 0.2) is 0 Å². The van der Waals surface area contributed by atoms with Gasteiger partial charge in [-0.25, -0.2) is 9.78 Å². The molecule has 1 N–H and O–H groups in total. The standard InChI is InChI=1S/C20H22N4O3/c1-13-10-23(11-14(2)27-13)18-8-7-15(9-21-18)12-24-19(25)16-5-3-4-6-17(16)22-20(24)26/h3-9,13-14H,10-12H2,1-2H3,(H,22,26)/t13-,14-/m1/s1. The van der Waals surface area contributed by atoms with E-state index in [0.717, 1.165) is 24.5 Å². The van der Waals surface area contributed by atoms with Crippen LogP contribution in [0.2, 0.25) is 0 Å². The summed E-state index contributed by atoms with van der Waals surface area (Å²) in [6.45, 7) is 5.87. The van der Waals surface area contributed by atoms with E-state index in [1.54, 1.807) is 30.5 Å². The van der Waals surface area contributed by atoms with Crippen molar-refractivity contribution in [1.82, 2.24) is 14.5 Å². The monoisotopic (exact) mass is 366 g/mol. The number of hydrogen-bond donors (Lipinski definition) is 1. The first kappa shape index (κ1) is 17.5. The number of rotatable bonds is 3. The molecule has 1 aliphatic rings. The van der Waals surface area contributed by atoms with Crippen molar-refractivity contribution in [2.24, 2.45) is 0 Å². The molecule has 0 aliphatic carbocycles. The first-order chi connectivity index (χ1) is 13.0. The highest BCUT2D eigenvalue weighted by Gasteiger charge is 2.23. The first-order valence-electron chi connectivity index (χ1n) is 9.08. The van der Waals surface area contributed by atoms with Crippen LogP contribution in [0.25, 0.3) is 10.9 Å². The van der Waals surface area contributed by atoms with Crippen LogP contribution in [0, 0.1) is 0 Å². The third kappa shape index (κ3) is 3.50. The van der Waals surface area contributed by atoms with E-state index in [1.807, 2.05) is 12.1 Å². The maximum Gasteiger partial charge on any atom is 0.329 e. The molecule has 0 unspecified atom stereocenters. The maximum absolute atomic E-state index is 12.6. The maximum atomic E-state index is 12.6. The van der Waals surface area contributed by atoms with Crippen molar-refractivity contribution in [3.63, 3.8) is 0 Å². The number of benzene rings is 1. The second-order valence-electron chi connectivity index (χ2n) is 7.05. The SMILES string of the molecule is C[C@@H]1CN(c2ccc(Cn3c(=O)[nH]c4ccccc4c3=O)cn2)C[C@@H](C)O1. The number of anilines is 1. The fourth-order valence-corrected chi connectivity index (χ4v) is 3.59. The molecule has 0 saturated carbocycles. The number of ether oxygens (including phenoxy) is 1. The summed E-state index contributed by atoms with van der Waals surface area (Å²) in [6.07, 6.45) is 2.04. The number of aromatic nitrogens is 3. The van der Waals surface area contributed by atoms with Crippen LogP contribution >= 0.6 is 0 Å². The predicted molar refractivity (Wildman–Crippen MR) is 104 cm³/mol. The van der Waals surface area contributed by atoms with Gasteiger partial charge in [0.05, 0.1) is 29.7 Å². The smallest absolute Gasteiger partial charge is 0.329 e. The van der Waals surface area contributed by atoms with Gasteiger partial charge in [0.1, 0.15) is 5.82 Å². The van der Waals surface area contributed by atoms with Gasteiger partial charge in [0.2, 0.25) is 0 Å². The minimum atomic E-state index is -0.418. The summed E-state index contributed by atoms with van der Waals surface area (Å²) in [4.78, 5) is 34.4. The van der Waals surface area contributed by atoms with E-state index in [2.05, 4.69) is 28.7 Å². The highest BCUT2D eigenvalue weighted by Crippen LogP contribution is 2.18. The third-order valence-corrected chi connectivity index (χ3v) is 4.78. The Labute approximate surface area is 156 Å². The number of pyridine rings is 1. The van der Waals surface area contributed by atoms with Gasteiger partial charge in [0, 0.05) is 19.3 Å². The lowest BCUT2D eigenvalue weighted by Crippen LogP contribution is -2.45. The van der Waals surface area contributed by atoms with Gasteiger partial charge in [-0.15, -0.1) is 0 Å². The zero-order valence-corrected chi connectivity index (χ0v) is 15.4. The lowest BCUT2D eigenvalue weighted by molar-refractivity contribution is -0.00545. The number of fused-ring (bicyclic) bond motifs is 1. The average molecular weight is 366 g/mol. The van der Waals surface area contributed by atoms with Gasteiger partial charge in [-0.3, -0.25) is 9.36 Å². The Hall–Kier alpha value is -2.93. The number of hydrogen-bond acceptors (Lipinski definition) is 5. The van der Waals surface area contributed by atoms with E-state index < -0.39 is 5.69 Å². The highest BCUT2D eigenvalue weighted by atomic mass is 16.5. The third-order valence-electron chi connectivity index (χ3n) is 4.78. The van der Waals surface area contributed by atoms with Crippen LogP contribution in [-0.4, -0.2) is 39.8 Å². The number of aromatic amines is 1. The molecule has 1 aromatic carbocycles. The molecule has 0 radical (unpaired) electrons. The molecule has 2 aromatic heterocycles. The Morgan fingerprint density at radius 2 is 1.85 bits per heavy atom. The van der Waals surface area contributed by atoms with E-state index in [1.165, 1.54) is 4.57 Å². The van der Waals surface area contributed by atoms with Crippen LogP contribution in [-0.2, 0) is 11.3 Å². The van der Waals surface area contributed by atoms with Gasteiger partial charge < -0.3 is 14.6 Å². The van der Waals surface area contributed by atoms with Crippen LogP contribution in [0.1, 0.15) is 19.4 Å². The van der Waals surface area contributed by atoms with Crippen LogP contribution < -0.4 is 16.1 Å². The Morgan fingerprint density at radius 1 is 1.11 bits per heavy atom. The Balaban J connectivity index is 1.60. The van der Waals surface area contributed by atoms with Gasteiger partial charge in [-0.1, -0.05) is 18.2 Å². The number of nitrogens with zero attached hydrogens (tertiary/aromatic N) is 3. The van der Waals surface area contributed by atoms with Crippen molar-refractivity contribution in [3.05, 3.63) is 69.0 Å².